The monoisotopic (exact) mass is 298 g/mol. The van der Waals surface area contributed by atoms with Gasteiger partial charge in [-0.15, -0.1) is 0 Å². The quantitative estimate of drug-likeness (QED) is 0.752. The summed E-state index contributed by atoms with van der Waals surface area (Å²) in [7, 11) is 1.34. The van der Waals surface area contributed by atoms with Crippen LogP contribution >= 0.6 is 0 Å². The molecule has 2 amide bonds. The van der Waals surface area contributed by atoms with Crippen molar-refractivity contribution < 1.29 is 23.8 Å². The Bertz CT molecular complexity index is 520. The van der Waals surface area contributed by atoms with Crippen molar-refractivity contribution in [2.75, 3.05) is 12.4 Å². The van der Waals surface area contributed by atoms with E-state index in [0.29, 0.717) is 6.42 Å². The number of amides is 2. The molecule has 1 rings (SSSR count). The molecule has 116 valence electrons. The molecular formula is C14H19FN2O4. The first-order valence-electron chi connectivity index (χ1n) is 6.47. The van der Waals surface area contributed by atoms with Gasteiger partial charge in [-0.05, 0) is 24.5 Å². The van der Waals surface area contributed by atoms with Crippen LogP contribution in [0.1, 0.15) is 20.3 Å². The van der Waals surface area contributed by atoms with Crippen LogP contribution in [0.4, 0.5) is 14.9 Å². The zero-order valence-corrected chi connectivity index (χ0v) is 12.1. The lowest BCUT2D eigenvalue weighted by Crippen LogP contribution is -2.43. The van der Waals surface area contributed by atoms with Crippen molar-refractivity contribution >= 4 is 17.7 Å². The number of carbonyl (C=O) groups is 2. The Morgan fingerprint density at radius 2 is 2.05 bits per heavy atom. The number of carboxylic acids is 1. The Morgan fingerprint density at radius 1 is 1.38 bits per heavy atom. The molecular weight excluding hydrogens is 279 g/mol. The predicted octanol–water partition coefficient (Wildman–Crippen LogP) is 2.46. The number of methoxy groups -OCH3 is 1. The van der Waals surface area contributed by atoms with Crippen LogP contribution in [0.2, 0.25) is 0 Å². The molecule has 0 saturated heterocycles. The van der Waals surface area contributed by atoms with Crippen LogP contribution < -0.4 is 15.4 Å². The number of anilines is 1. The fourth-order valence-corrected chi connectivity index (χ4v) is 1.78. The average Bonchev–Trinajstić information content (AvgIpc) is 2.39. The van der Waals surface area contributed by atoms with Crippen LogP contribution in [0.5, 0.6) is 5.75 Å². The second-order valence-corrected chi connectivity index (χ2v) is 4.96. The number of urea groups is 1. The molecule has 0 aliphatic rings. The van der Waals surface area contributed by atoms with Gasteiger partial charge in [-0.3, -0.25) is 0 Å². The van der Waals surface area contributed by atoms with Gasteiger partial charge in [-0.1, -0.05) is 13.8 Å². The molecule has 0 saturated carbocycles. The number of halogens is 1. The fraction of sp³-hybridized carbons (Fsp3) is 0.429. The summed E-state index contributed by atoms with van der Waals surface area (Å²) in [6.45, 7) is 3.72. The highest BCUT2D eigenvalue weighted by atomic mass is 19.1. The van der Waals surface area contributed by atoms with Gasteiger partial charge in [0.2, 0.25) is 0 Å². The van der Waals surface area contributed by atoms with Gasteiger partial charge in [-0.2, -0.15) is 0 Å². The van der Waals surface area contributed by atoms with E-state index in [-0.39, 0.29) is 17.4 Å². The Balaban J connectivity index is 2.74. The van der Waals surface area contributed by atoms with Crippen molar-refractivity contribution in [3.63, 3.8) is 0 Å². The Morgan fingerprint density at radius 3 is 2.57 bits per heavy atom. The fourth-order valence-electron chi connectivity index (χ4n) is 1.78. The third-order valence-corrected chi connectivity index (χ3v) is 2.72. The third-order valence-electron chi connectivity index (χ3n) is 2.72. The Hall–Kier alpha value is -2.31. The molecule has 21 heavy (non-hydrogen) atoms. The first-order valence-corrected chi connectivity index (χ1v) is 6.47. The van der Waals surface area contributed by atoms with Crippen LogP contribution in [-0.2, 0) is 4.79 Å². The highest BCUT2D eigenvalue weighted by molar-refractivity contribution is 5.93. The molecule has 0 aromatic heterocycles. The maximum atomic E-state index is 13.0. The second kappa shape index (κ2) is 7.47. The molecule has 1 aromatic rings. The van der Waals surface area contributed by atoms with Gasteiger partial charge >= 0.3 is 12.0 Å². The van der Waals surface area contributed by atoms with Gasteiger partial charge in [0.25, 0.3) is 0 Å². The molecule has 0 aliphatic carbocycles. The van der Waals surface area contributed by atoms with Crippen molar-refractivity contribution in [2.24, 2.45) is 5.92 Å². The first-order chi connectivity index (χ1) is 9.83. The summed E-state index contributed by atoms with van der Waals surface area (Å²) in [5, 5.41) is 13.9. The lowest BCUT2D eigenvalue weighted by Gasteiger charge is -2.17. The second-order valence-electron chi connectivity index (χ2n) is 4.96. The summed E-state index contributed by atoms with van der Waals surface area (Å²) in [6.07, 6.45) is 0.309. The first kappa shape index (κ1) is 16.7. The predicted molar refractivity (Wildman–Crippen MR) is 76.0 cm³/mol. The van der Waals surface area contributed by atoms with E-state index in [2.05, 4.69) is 10.6 Å². The summed E-state index contributed by atoms with van der Waals surface area (Å²) in [4.78, 5) is 22.9. The van der Waals surface area contributed by atoms with E-state index in [1.54, 1.807) is 0 Å². The van der Waals surface area contributed by atoms with Crippen LogP contribution in [0, 0.1) is 11.7 Å². The number of aliphatic carboxylic acids is 1. The van der Waals surface area contributed by atoms with Crippen molar-refractivity contribution in [1.82, 2.24) is 5.32 Å². The summed E-state index contributed by atoms with van der Waals surface area (Å²) in [6, 6.07) is 1.95. The minimum atomic E-state index is -1.11. The average molecular weight is 298 g/mol. The van der Waals surface area contributed by atoms with Gasteiger partial charge in [-0.25, -0.2) is 14.0 Å². The van der Waals surface area contributed by atoms with Crippen molar-refractivity contribution in [2.45, 2.75) is 26.3 Å². The van der Waals surface area contributed by atoms with E-state index >= 15 is 0 Å². The molecule has 0 heterocycles. The Kier molecular flexibility index (Phi) is 5.95. The number of carbonyl (C=O) groups excluding carboxylic acids is 1. The smallest absolute Gasteiger partial charge is 0.326 e. The van der Waals surface area contributed by atoms with E-state index in [1.165, 1.54) is 19.2 Å². The molecule has 3 N–H and O–H groups in total. The number of nitrogens with one attached hydrogen (secondary N) is 2. The zero-order chi connectivity index (χ0) is 16.0. The number of carboxylic acid groups (broad SMARTS) is 1. The molecule has 7 heteroatoms. The highest BCUT2D eigenvalue weighted by Crippen LogP contribution is 2.24. The van der Waals surface area contributed by atoms with Gasteiger partial charge in [0.05, 0.1) is 12.8 Å². The molecule has 0 fully saturated rings. The summed E-state index contributed by atoms with van der Waals surface area (Å²) in [5.41, 5.74) is 0.255. The molecule has 6 nitrogen and oxygen atoms in total. The summed E-state index contributed by atoms with van der Waals surface area (Å²) in [5.74, 6) is -1.33. The van der Waals surface area contributed by atoms with E-state index in [1.807, 2.05) is 13.8 Å². The number of hydrogen-bond donors (Lipinski definition) is 3. The molecule has 0 radical (unpaired) electrons. The molecule has 0 spiro atoms. The van der Waals surface area contributed by atoms with Crippen LogP contribution in [0.25, 0.3) is 0 Å². The minimum absolute atomic E-state index is 0.117. The summed E-state index contributed by atoms with van der Waals surface area (Å²) < 4.78 is 18.0. The van der Waals surface area contributed by atoms with E-state index in [4.69, 9.17) is 9.84 Å². The van der Waals surface area contributed by atoms with Crippen molar-refractivity contribution in [1.29, 1.82) is 0 Å². The molecule has 0 bridgehead atoms. The Labute approximate surface area is 122 Å². The van der Waals surface area contributed by atoms with E-state index in [9.17, 15) is 14.0 Å². The molecule has 0 unspecified atom stereocenters. The maximum absolute atomic E-state index is 13.0. The standard InChI is InChI=1S/C14H19FN2O4/c1-8(2)6-11(13(18)19)17-14(20)16-10-5-4-9(15)7-12(10)21-3/h4-5,7-8,11H,6H2,1-3H3,(H,18,19)(H2,16,17,20)/t11-/m0/s1. The van der Waals surface area contributed by atoms with Gasteiger partial charge < -0.3 is 20.5 Å². The van der Waals surface area contributed by atoms with Crippen molar-refractivity contribution in [3.8, 4) is 5.75 Å². The van der Waals surface area contributed by atoms with Crippen LogP contribution in [-0.4, -0.2) is 30.3 Å². The lowest BCUT2D eigenvalue weighted by molar-refractivity contribution is -0.139. The lowest BCUT2D eigenvalue weighted by atomic mass is 10.0. The number of ether oxygens (including phenoxy) is 1. The van der Waals surface area contributed by atoms with E-state index < -0.39 is 23.9 Å². The molecule has 0 aliphatic heterocycles. The van der Waals surface area contributed by atoms with Crippen molar-refractivity contribution in [3.05, 3.63) is 24.0 Å². The van der Waals surface area contributed by atoms with Crippen LogP contribution in [0.15, 0.2) is 18.2 Å². The van der Waals surface area contributed by atoms with Gasteiger partial charge in [0, 0.05) is 6.07 Å². The highest BCUT2D eigenvalue weighted by Gasteiger charge is 2.21. The third kappa shape index (κ3) is 5.29. The topological polar surface area (TPSA) is 87.7 Å². The molecule has 1 aromatic carbocycles. The number of hydrogen-bond acceptors (Lipinski definition) is 3. The number of benzene rings is 1. The van der Waals surface area contributed by atoms with Crippen LogP contribution in [0.3, 0.4) is 0 Å². The van der Waals surface area contributed by atoms with Gasteiger partial charge in [0.15, 0.2) is 0 Å². The summed E-state index contributed by atoms with van der Waals surface area (Å²) >= 11 is 0. The minimum Gasteiger partial charge on any atom is -0.494 e. The van der Waals surface area contributed by atoms with Gasteiger partial charge in [0.1, 0.15) is 17.6 Å². The number of rotatable bonds is 6. The zero-order valence-electron chi connectivity index (χ0n) is 12.1. The molecule has 1 atom stereocenters. The largest absolute Gasteiger partial charge is 0.494 e. The normalized spacial score (nSPS) is 11.9. The maximum Gasteiger partial charge on any atom is 0.326 e. The van der Waals surface area contributed by atoms with E-state index in [0.717, 1.165) is 6.07 Å². The SMILES string of the molecule is COc1cc(F)ccc1NC(=O)N[C@@H](CC(C)C)C(=O)O.